The van der Waals surface area contributed by atoms with E-state index in [0.717, 1.165) is 5.56 Å². The Bertz CT molecular complexity index is 511. The Labute approximate surface area is 97.8 Å². The number of rotatable bonds is 3. The third-order valence-electron chi connectivity index (χ3n) is 2.31. The predicted molar refractivity (Wildman–Crippen MR) is 61.1 cm³/mol. The average molecular weight is 230 g/mol. The third kappa shape index (κ3) is 2.42. The van der Waals surface area contributed by atoms with Gasteiger partial charge in [-0.1, -0.05) is 36.4 Å². The molecule has 0 amide bonds. The molecule has 86 valence electrons. The summed E-state index contributed by atoms with van der Waals surface area (Å²) < 4.78 is 4.53. The number of hydrogen-bond acceptors (Lipinski definition) is 4. The van der Waals surface area contributed by atoms with Crippen molar-refractivity contribution in [1.29, 1.82) is 0 Å². The van der Waals surface area contributed by atoms with E-state index in [1.165, 1.54) is 6.08 Å². The zero-order valence-electron chi connectivity index (χ0n) is 8.92. The minimum absolute atomic E-state index is 0.223. The lowest BCUT2D eigenvalue weighted by Crippen LogP contribution is -2.08. The van der Waals surface area contributed by atoms with Gasteiger partial charge in [0.2, 0.25) is 0 Å². The maximum absolute atomic E-state index is 11.6. The molecule has 1 aliphatic heterocycles. The van der Waals surface area contributed by atoms with Gasteiger partial charge in [-0.3, -0.25) is 4.79 Å². The van der Waals surface area contributed by atoms with Gasteiger partial charge in [0.1, 0.15) is 17.9 Å². The van der Waals surface area contributed by atoms with Gasteiger partial charge >= 0.3 is 5.97 Å². The first-order chi connectivity index (χ1) is 8.18. The predicted octanol–water partition coefficient (Wildman–Crippen LogP) is 1.64. The quantitative estimate of drug-likeness (QED) is 0.487. The fourth-order valence-electron chi connectivity index (χ4n) is 1.46. The van der Waals surface area contributed by atoms with Crippen LogP contribution in [0.2, 0.25) is 0 Å². The van der Waals surface area contributed by atoms with Crippen molar-refractivity contribution in [2.75, 3.05) is 6.61 Å². The van der Waals surface area contributed by atoms with Gasteiger partial charge in [-0.2, -0.15) is 0 Å². The first kappa shape index (κ1) is 11.1. The van der Waals surface area contributed by atoms with Gasteiger partial charge in [0.15, 0.2) is 5.78 Å². The van der Waals surface area contributed by atoms with Gasteiger partial charge in [-0.05, 0) is 11.6 Å². The number of ketones is 1. The number of aliphatic hydroxyl groups excluding tert-OH is 1. The second-order valence-electron chi connectivity index (χ2n) is 3.51. The Morgan fingerprint density at radius 1 is 1.29 bits per heavy atom. The number of aliphatic hydroxyl groups is 1. The average Bonchev–Trinajstić information content (AvgIpc) is 2.67. The van der Waals surface area contributed by atoms with Crippen molar-refractivity contribution in [1.82, 2.24) is 0 Å². The lowest BCUT2D eigenvalue weighted by atomic mass is 10.1. The van der Waals surface area contributed by atoms with Crippen LogP contribution in [0.4, 0.5) is 0 Å². The number of benzene rings is 1. The van der Waals surface area contributed by atoms with Gasteiger partial charge in [0.05, 0.1) is 0 Å². The zero-order valence-corrected chi connectivity index (χ0v) is 8.92. The molecule has 1 aliphatic rings. The summed E-state index contributed by atoms with van der Waals surface area (Å²) in [6, 6.07) is 9.19. The Hall–Kier alpha value is -2.36. The normalized spacial score (nSPS) is 15.4. The minimum atomic E-state index is -0.773. The van der Waals surface area contributed by atoms with Crippen LogP contribution in [0.3, 0.4) is 0 Å². The Morgan fingerprint density at radius 2 is 2.00 bits per heavy atom. The van der Waals surface area contributed by atoms with Crippen molar-refractivity contribution in [3.8, 4) is 0 Å². The summed E-state index contributed by atoms with van der Waals surface area (Å²) in [5, 5.41) is 9.31. The minimum Gasteiger partial charge on any atom is -0.508 e. The second-order valence-corrected chi connectivity index (χ2v) is 3.51. The Kier molecular flexibility index (Phi) is 3.05. The van der Waals surface area contributed by atoms with Crippen molar-refractivity contribution in [3.05, 3.63) is 53.3 Å². The molecule has 1 aromatic rings. The van der Waals surface area contributed by atoms with Crippen molar-refractivity contribution in [3.63, 3.8) is 0 Å². The molecular formula is C13H10O4. The summed E-state index contributed by atoms with van der Waals surface area (Å²) in [6.45, 7) is -0.223. The van der Waals surface area contributed by atoms with E-state index in [9.17, 15) is 14.7 Å². The number of ether oxygens (including phenoxy) is 1. The second kappa shape index (κ2) is 4.65. The summed E-state index contributed by atoms with van der Waals surface area (Å²) >= 11 is 0. The highest BCUT2D eigenvalue weighted by Gasteiger charge is 2.29. The SMILES string of the molecule is O=C(C=Cc1ccccc1)C1=C(O)COC1=O. The first-order valence-corrected chi connectivity index (χ1v) is 5.05. The Balaban J connectivity index is 2.15. The van der Waals surface area contributed by atoms with Crippen LogP contribution in [0.25, 0.3) is 6.08 Å². The molecule has 0 fully saturated rings. The van der Waals surface area contributed by atoms with E-state index in [2.05, 4.69) is 4.74 Å². The fraction of sp³-hybridized carbons (Fsp3) is 0.0769. The standard InChI is InChI=1S/C13H10O4/c14-10(12-11(15)8-17-13(12)16)7-6-9-4-2-1-3-5-9/h1-7,15H,8H2. The molecular weight excluding hydrogens is 220 g/mol. The Morgan fingerprint density at radius 3 is 2.59 bits per heavy atom. The largest absolute Gasteiger partial charge is 0.508 e. The van der Waals surface area contributed by atoms with Crippen LogP contribution in [-0.2, 0) is 14.3 Å². The molecule has 2 rings (SSSR count). The maximum atomic E-state index is 11.6. The van der Waals surface area contributed by atoms with Crippen molar-refractivity contribution < 1.29 is 19.4 Å². The summed E-state index contributed by atoms with van der Waals surface area (Å²) in [6.07, 6.45) is 2.82. The van der Waals surface area contributed by atoms with Crippen LogP contribution in [0.1, 0.15) is 5.56 Å². The molecule has 0 aromatic heterocycles. The molecule has 0 bridgehead atoms. The first-order valence-electron chi connectivity index (χ1n) is 5.05. The number of cyclic esters (lactones) is 1. The molecule has 1 heterocycles. The number of allylic oxidation sites excluding steroid dienone is 1. The van der Waals surface area contributed by atoms with E-state index >= 15 is 0 Å². The van der Waals surface area contributed by atoms with Crippen molar-refractivity contribution in [2.24, 2.45) is 0 Å². The van der Waals surface area contributed by atoms with E-state index in [1.54, 1.807) is 6.08 Å². The number of esters is 1. The molecule has 1 N–H and O–H groups in total. The van der Waals surface area contributed by atoms with Crippen molar-refractivity contribution in [2.45, 2.75) is 0 Å². The monoisotopic (exact) mass is 230 g/mol. The van der Waals surface area contributed by atoms with Crippen molar-refractivity contribution >= 4 is 17.8 Å². The molecule has 0 aliphatic carbocycles. The van der Waals surface area contributed by atoms with Crippen LogP contribution in [0.5, 0.6) is 0 Å². The summed E-state index contributed by atoms with van der Waals surface area (Å²) in [5.74, 6) is -1.63. The highest BCUT2D eigenvalue weighted by atomic mass is 16.5. The lowest BCUT2D eigenvalue weighted by molar-refractivity contribution is -0.137. The molecule has 17 heavy (non-hydrogen) atoms. The number of hydrogen-bond donors (Lipinski definition) is 1. The van der Waals surface area contributed by atoms with E-state index in [0.29, 0.717) is 0 Å². The van der Waals surface area contributed by atoms with Crippen LogP contribution in [0, 0.1) is 0 Å². The number of carbonyl (C=O) groups excluding carboxylic acids is 2. The van der Waals surface area contributed by atoms with Gasteiger partial charge in [-0.25, -0.2) is 4.79 Å². The van der Waals surface area contributed by atoms with Crippen LogP contribution < -0.4 is 0 Å². The van der Waals surface area contributed by atoms with Gasteiger partial charge in [0, 0.05) is 0 Å². The van der Waals surface area contributed by atoms with Gasteiger partial charge in [0.25, 0.3) is 0 Å². The molecule has 0 unspecified atom stereocenters. The summed E-state index contributed by atoms with van der Waals surface area (Å²) in [5.41, 5.74) is 0.560. The highest BCUT2D eigenvalue weighted by molar-refractivity contribution is 6.23. The van der Waals surface area contributed by atoms with Crippen LogP contribution in [-0.4, -0.2) is 23.5 Å². The van der Waals surface area contributed by atoms with Gasteiger partial charge < -0.3 is 9.84 Å². The van der Waals surface area contributed by atoms with E-state index in [1.807, 2.05) is 30.3 Å². The molecule has 1 aromatic carbocycles. The van der Waals surface area contributed by atoms with E-state index < -0.39 is 11.8 Å². The van der Waals surface area contributed by atoms with Crippen LogP contribution in [0.15, 0.2) is 47.7 Å². The van der Waals surface area contributed by atoms with E-state index in [4.69, 9.17) is 0 Å². The number of carbonyl (C=O) groups is 2. The third-order valence-corrected chi connectivity index (χ3v) is 2.31. The lowest BCUT2D eigenvalue weighted by Gasteiger charge is -1.94. The topological polar surface area (TPSA) is 63.6 Å². The summed E-state index contributed by atoms with van der Waals surface area (Å²) in [7, 11) is 0. The molecule has 4 nitrogen and oxygen atoms in total. The highest BCUT2D eigenvalue weighted by Crippen LogP contribution is 2.15. The molecule has 0 saturated heterocycles. The summed E-state index contributed by atoms with van der Waals surface area (Å²) in [4.78, 5) is 22.8. The van der Waals surface area contributed by atoms with Gasteiger partial charge in [-0.15, -0.1) is 0 Å². The fourth-order valence-corrected chi connectivity index (χ4v) is 1.46. The smallest absolute Gasteiger partial charge is 0.346 e. The van der Waals surface area contributed by atoms with E-state index in [-0.39, 0.29) is 17.9 Å². The molecule has 0 atom stereocenters. The van der Waals surface area contributed by atoms with Crippen LogP contribution >= 0.6 is 0 Å². The molecule has 4 heteroatoms. The zero-order chi connectivity index (χ0) is 12.3. The molecule has 0 spiro atoms. The molecule has 0 saturated carbocycles. The maximum Gasteiger partial charge on any atom is 0.346 e. The molecule has 0 radical (unpaired) electrons.